The summed E-state index contributed by atoms with van der Waals surface area (Å²) in [7, 11) is 4.69. The number of hydrogen-bond donors (Lipinski definition) is 1. The number of ether oxygens (including phenoxy) is 3. The van der Waals surface area contributed by atoms with Crippen molar-refractivity contribution in [2.24, 2.45) is 0 Å². The molecule has 3 aromatic rings. The Hall–Kier alpha value is -3.54. The van der Waals surface area contributed by atoms with E-state index in [1.54, 1.807) is 39.5 Å². The van der Waals surface area contributed by atoms with Crippen LogP contribution in [0.15, 0.2) is 54.6 Å². The molecule has 0 aliphatic rings. The lowest BCUT2D eigenvalue weighted by molar-refractivity contribution is 0.104. The fraction of sp³-hybridized carbons (Fsp3) is 0.143. The number of ketones is 1. The van der Waals surface area contributed by atoms with Gasteiger partial charge in [-0.05, 0) is 30.4 Å². The van der Waals surface area contributed by atoms with Gasteiger partial charge in [-0.2, -0.15) is 5.10 Å². The van der Waals surface area contributed by atoms with Crippen LogP contribution in [0.25, 0.3) is 17.3 Å². The first kappa shape index (κ1) is 18.3. The lowest BCUT2D eigenvalue weighted by Crippen LogP contribution is -1.95. The Morgan fingerprint density at radius 1 is 0.963 bits per heavy atom. The van der Waals surface area contributed by atoms with Crippen LogP contribution in [0.5, 0.6) is 17.2 Å². The van der Waals surface area contributed by atoms with Gasteiger partial charge < -0.3 is 14.2 Å². The fourth-order valence-electron chi connectivity index (χ4n) is 2.66. The predicted molar refractivity (Wildman–Crippen MR) is 103 cm³/mol. The Morgan fingerprint density at radius 2 is 1.63 bits per heavy atom. The molecule has 0 aliphatic carbocycles. The van der Waals surface area contributed by atoms with E-state index in [0.717, 1.165) is 5.56 Å². The molecule has 3 rings (SSSR count). The number of allylic oxidation sites excluding steroid dienone is 1. The molecular weight excluding hydrogens is 344 g/mol. The van der Waals surface area contributed by atoms with E-state index < -0.39 is 0 Å². The van der Waals surface area contributed by atoms with Gasteiger partial charge in [0.25, 0.3) is 0 Å². The van der Waals surface area contributed by atoms with Crippen molar-refractivity contribution in [3.05, 3.63) is 65.9 Å². The standard InChI is InChI=1S/C21H20N2O4/c1-25-19-11-15(12-20(26-2)21(19)27-3)17-13-16(22-23-17)9-10-18(24)14-7-5-4-6-8-14/h4-13H,1-3H3,(H,22,23)/b10-9+. The first-order chi connectivity index (χ1) is 13.2. The third-order valence-corrected chi connectivity index (χ3v) is 4.03. The van der Waals surface area contributed by atoms with Gasteiger partial charge in [0.15, 0.2) is 17.3 Å². The van der Waals surface area contributed by atoms with Crippen LogP contribution in [0.2, 0.25) is 0 Å². The van der Waals surface area contributed by atoms with Crippen LogP contribution >= 0.6 is 0 Å². The highest BCUT2D eigenvalue weighted by molar-refractivity contribution is 6.06. The Balaban J connectivity index is 1.85. The molecule has 0 atom stereocenters. The van der Waals surface area contributed by atoms with Crippen molar-refractivity contribution in [3.8, 4) is 28.5 Å². The van der Waals surface area contributed by atoms with Gasteiger partial charge in [-0.3, -0.25) is 9.89 Å². The predicted octanol–water partition coefficient (Wildman–Crippen LogP) is 4.00. The highest BCUT2D eigenvalue weighted by Crippen LogP contribution is 2.40. The Kier molecular flexibility index (Phi) is 5.56. The van der Waals surface area contributed by atoms with Crippen LogP contribution < -0.4 is 14.2 Å². The summed E-state index contributed by atoms with van der Waals surface area (Å²) in [6.45, 7) is 0. The summed E-state index contributed by atoms with van der Waals surface area (Å²) in [6.07, 6.45) is 3.21. The van der Waals surface area contributed by atoms with E-state index in [4.69, 9.17) is 14.2 Å². The molecule has 0 spiro atoms. The molecule has 0 saturated carbocycles. The first-order valence-corrected chi connectivity index (χ1v) is 8.29. The molecule has 138 valence electrons. The van der Waals surface area contributed by atoms with E-state index in [9.17, 15) is 4.79 Å². The molecular formula is C21H20N2O4. The quantitative estimate of drug-likeness (QED) is 0.507. The molecule has 6 heteroatoms. The van der Waals surface area contributed by atoms with Crippen molar-refractivity contribution in [1.82, 2.24) is 10.2 Å². The summed E-state index contributed by atoms with van der Waals surface area (Å²) in [5.41, 5.74) is 2.84. The average molecular weight is 364 g/mol. The summed E-state index contributed by atoms with van der Waals surface area (Å²) in [5, 5.41) is 7.22. The minimum absolute atomic E-state index is 0.0699. The van der Waals surface area contributed by atoms with E-state index >= 15 is 0 Å². The van der Waals surface area contributed by atoms with Crippen LogP contribution in [-0.4, -0.2) is 37.3 Å². The van der Waals surface area contributed by atoms with Crippen LogP contribution in [0.1, 0.15) is 16.1 Å². The van der Waals surface area contributed by atoms with Crippen molar-refractivity contribution in [3.63, 3.8) is 0 Å². The third kappa shape index (κ3) is 4.00. The number of carbonyl (C=O) groups excluding carboxylic acids is 1. The number of aromatic amines is 1. The summed E-state index contributed by atoms with van der Waals surface area (Å²) in [5.74, 6) is 1.55. The molecule has 0 fully saturated rings. The topological polar surface area (TPSA) is 73.4 Å². The largest absolute Gasteiger partial charge is 0.493 e. The molecule has 2 aromatic carbocycles. The molecule has 0 bridgehead atoms. The van der Waals surface area contributed by atoms with Crippen molar-refractivity contribution in [1.29, 1.82) is 0 Å². The minimum Gasteiger partial charge on any atom is -0.493 e. The van der Waals surface area contributed by atoms with Gasteiger partial charge in [0, 0.05) is 11.1 Å². The van der Waals surface area contributed by atoms with Crippen LogP contribution in [0.3, 0.4) is 0 Å². The van der Waals surface area contributed by atoms with E-state index in [-0.39, 0.29) is 5.78 Å². The highest BCUT2D eigenvalue weighted by atomic mass is 16.5. The summed E-state index contributed by atoms with van der Waals surface area (Å²) in [6, 6.07) is 14.6. The Labute approximate surface area is 157 Å². The SMILES string of the molecule is COc1cc(-c2cc(/C=C/C(=O)c3ccccc3)[nH]n2)cc(OC)c1OC. The van der Waals surface area contributed by atoms with Crippen molar-refractivity contribution >= 4 is 11.9 Å². The molecule has 1 N–H and O–H groups in total. The van der Waals surface area contributed by atoms with Crippen LogP contribution in [0, 0.1) is 0 Å². The number of carbonyl (C=O) groups is 1. The smallest absolute Gasteiger partial charge is 0.203 e. The maximum Gasteiger partial charge on any atom is 0.203 e. The van der Waals surface area contributed by atoms with E-state index in [1.165, 1.54) is 6.08 Å². The normalized spacial score (nSPS) is 10.8. The van der Waals surface area contributed by atoms with Gasteiger partial charge >= 0.3 is 0 Å². The molecule has 1 aromatic heterocycles. The molecule has 0 saturated heterocycles. The Bertz CT molecular complexity index is 936. The van der Waals surface area contributed by atoms with E-state index in [2.05, 4.69) is 10.2 Å². The van der Waals surface area contributed by atoms with Gasteiger partial charge in [0.2, 0.25) is 5.75 Å². The molecule has 0 unspecified atom stereocenters. The minimum atomic E-state index is -0.0699. The summed E-state index contributed by atoms with van der Waals surface area (Å²) < 4.78 is 16.1. The maximum absolute atomic E-state index is 12.2. The third-order valence-electron chi connectivity index (χ3n) is 4.03. The molecule has 0 radical (unpaired) electrons. The number of methoxy groups -OCH3 is 3. The number of H-pyrrole nitrogens is 1. The zero-order chi connectivity index (χ0) is 19.2. The molecule has 0 amide bonds. The lowest BCUT2D eigenvalue weighted by atomic mass is 10.1. The second kappa shape index (κ2) is 8.23. The van der Waals surface area contributed by atoms with Crippen molar-refractivity contribution in [2.45, 2.75) is 0 Å². The summed E-state index contributed by atoms with van der Waals surface area (Å²) in [4.78, 5) is 12.2. The Morgan fingerprint density at radius 3 is 2.22 bits per heavy atom. The second-order valence-corrected chi connectivity index (χ2v) is 5.69. The lowest BCUT2D eigenvalue weighted by Gasteiger charge is -2.13. The second-order valence-electron chi connectivity index (χ2n) is 5.69. The highest BCUT2D eigenvalue weighted by Gasteiger charge is 2.15. The van der Waals surface area contributed by atoms with Crippen molar-refractivity contribution in [2.75, 3.05) is 21.3 Å². The number of hydrogen-bond acceptors (Lipinski definition) is 5. The molecule has 1 heterocycles. The van der Waals surface area contributed by atoms with E-state index in [0.29, 0.717) is 34.2 Å². The van der Waals surface area contributed by atoms with Gasteiger partial charge in [0.05, 0.1) is 32.7 Å². The van der Waals surface area contributed by atoms with Crippen LogP contribution in [0.4, 0.5) is 0 Å². The van der Waals surface area contributed by atoms with Gasteiger partial charge in [0.1, 0.15) is 0 Å². The van der Waals surface area contributed by atoms with E-state index in [1.807, 2.05) is 36.4 Å². The molecule has 0 aliphatic heterocycles. The number of nitrogens with one attached hydrogen (secondary N) is 1. The van der Waals surface area contributed by atoms with Gasteiger partial charge in [-0.15, -0.1) is 0 Å². The van der Waals surface area contributed by atoms with Crippen molar-refractivity contribution < 1.29 is 19.0 Å². The van der Waals surface area contributed by atoms with Gasteiger partial charge in [-0.25, -0.2) is 0 Å². The number of benzene rings is 2. The monoisotopic (exact) mass is 364 g/mol. The average Bonchev–Trinajstić information content (AvgIpc) is 3.20. The zero-order valence-corrected chi connectivity index (χ0v) is 15.4. The maximum atomic E-state index is 12.2. The number of nitrogens with zero attached hydrogens (tertiary/aromatic N) is 1. The number of rotatable bonds is 7. The van der Waals surface area contributed by atoms with Crippen LogP contribution in [-0.2, 0) is 0 Å². The molecule has 27 heavy (non-hydrogen) atoms. The number of aromatic nitrogens is 2. The fourth-order valence-corrected chi connectivity index (χ4v) is 2.66. The summed E-state index contributed by atoms with van der Waals surface area (Å²) >= 11 is 0. The van der Waals surface area contributed by atoms with Gasteiger partial charge in [-0.1, -0.05) is 30.3 Å². The molecule has 6 nitrogen and oxygen atoms in total. The zero-order valence-electron chi connectivity index (χ0n) is 15.4. The first-order valence-electron chi connectivity index (χ1n) is 8.29.